The fourth-order valence-electron chi connectivity index (χ4n) is 3.55. The Morgan fingerprint density at radius 3 is 2.50 bits per heavy atom. The van der Waals surface area contributed by atoms with Gasteiger partial charge in [-0.05, 0) is 36.1 Å². The van der Waals surface area contributed by atoms with Gasteiger partial charge in [0.15, 0.2) is 0 Å². The van der Waals surface area contributed by atoms with Gasteiger partial charge in [0.1, 0.15) is 5.75 Å². The molecule has 2 aromatic carbocycles. The Morgan fingerprint density at radius 1 is 1.07 bits per heavy atom. The molecule has 3 rings (SSSR count). The molecule has 1 aliphatic rings. The lowest BCUT2D eigenvalue weighted by atomic mass is 10.0. The first kappa shape index (κ1) is 20.2. The van der Waals surface area contributed by atoms with Crippen LogP contribution in [0, 0.1) is 0 Å². The number of aliphatic hydroxyl groups is 1. The minimum Gasteiger partial charge on any atom is -0.508 e. The van der Waals surface area contributed by atoms with E-state index in [4.69, 9.17) is 0 Å². The Hall–Kier alpha value is -2.57. The number of aromatic hydroxyl groups is 1. The number of phenolic OH excluding ortho intramolecular Hbond substituents is 1. The summed E-state index contributed by atoms with van der Waals surface area (Å²) < 4.78 is 0. The van der Waals surface area contributed by atoms with Crippen LogP contribution in [0.1, 0.15) is 24.0 Å². The van der Waals surface area contributed by atoms with Gasteiger partial charge in [0, 0.05) is 38.6 Å². The summed E-state index contributed by atoms with van der Waals surface area (Å²) in [7, 11) is 0. The smallest absolute Gasteiger partial charge is 0.315 e. The fourth-order valence-corrected chi connectivity index (χ4v) is 3.55. The van der Waals surface area contributed by atoms with Crippen LogP contribution in [0.25, 0.3) is 0 Å². The van der Waals surface area contributed by atoms with E-state index in [0.717, 1.165) is 43.6 Å². The predicted octanol–water partition coefficient (Wildman–Crippen LogP) is 2.26. The number of amides is 2. The van der Waals surface area contributed by atoms with E-state index in [0.29, 0.717) is 12.2 Å². The molecule has 1 fully saturated rings. The van der Waals surface area contributed by atoms with Crippen molar-refractivity contribution in [3.05, 3.63) is 65.7 Å². The zero-order valence-corrected chi connectivity index (χ0v) is 16.1. The van der Waals surface area contributed by atoms with Crippen LogP contribution in [0.5, 0.6) is 5.75 Å². The van der Waals surface area contributed by atoms with Gasteiger partial charge in [-0.1, -0.05) is 42.5 Å². The van der Waals surface area contributed by atoms with E-state index in [1.165, 1.54) is 0 Å². The third kappa shape index (κ3) is 6.55. The normalized spacial score (nSPS) is 16.5. The molecule has 150 valence electrons. The van der Waals surface area contributed by atoms with Gasteiger partial charge in [0.2, 0.25) is 0 Å². The average Bonchev–Trinajstić information content (AvgIpc) is 2.69. The van der Waals surface area contributed by atoms with Crippen molar-refractivity contribution in [2.75, 3.05) is 19.6 Å². The monoisotopic (exact) mass is 383 g/mol. The quantitative estimate of drug-likeness (QED) is 0.591. The molecule has 1 saturated heterocycles. The van der Waals surface area contributed by atoms with Gasteiger partial charge in [0.05, 0.1) is 6.10 Å². The topological polar surface area (TPSA) is 84.8 Å². The summed E-state index contributed by atoms with van der Waals surface area (Å²) in [6.07, 6.45) is 1.70. The standard InChI is InChI=1S/C22H29N3O3/c26-20-8-4-7-18(14-20)16-25-11-9-19(10-12-25)24-22(28)23-15-21(27)13-17-5-2-1-3-6-17/h1-8,14,19,21,26-27H,9-13,15-16H2,(H2,23,24,28). The van der Waals surface area contributed by atoms with E-state index >= 15 is 0 Å². The van der Waals surface area contributed by atoms with Crippen LogP contribution in [-0.4, -0.2) is 52.9 Å². The summed E-state index contributed by atoms with van der Waals surface area (Å²) in [4.78, 5) is 14.4. The van der Waals surface area contributed by atoms with E-state index in [2.05, 4.69) is 15.5 Å². The Labute approximate surface area is 166 Å². The van der Waals surface area contributed by atoms with Crippen molar-refractivity contribution in [2.45, 2.75) is 38.0 Å². The second-order valence-electron chi connectivity index (χ2n) is 7.42. The molecule has 0 radical (unpaired) electrons. The van der Waals surface area contributed by atoms with E-state index < -0.39 is 6.10 Å². The highest BCUT2D eigenvalue weighted by atomic mass is 16.3. The highest BCUT2D eigenvalue weighted by molar-refractivity contribution is 5.74. The average molecular weight is 383 g/mol. The minimum absolute atomic E-state index is 0.145. The molecule has 1 atom stereocenters. The molecule has 0 spiro atoms. The number of nitrogens with zero attached hydrogens (tertiary/aromatic N) is 1. The van der Waals surface area contributed by atoms with Gasteiger partial charge in [0.25, 0.3) is 0 Å². The summed E-state index contributed by atoms with van der Waals surface area (Å²) in [6.45, 7) is 2.84. The largest absolute Gasteiger partial charge is 0.508 e. The van der Waals surface area contributed by atoms with Crippen molar-refractivity contribution in [2.24, 2.45) is 0 Å². The van der Waals surface area contributed by atoms with Crippen LogP contribution in [0.3, 0.4) is 0 Å². The molecule has 28 heavy (non-hydrogen) atoms. The molecule has 0 aliphatic carbocycles. The number of likely N-dealkylation sites (tertiary alicyclic amines) is 1. The van der Waals surface area contributed by atoms with E-state index in [1.807, 2.05) is 42.5 Å². The van der Waals surface area contributed by atoms with Gasteiger partial charge in [-0.2, -0.15) is 0 Å². The summed E-state index contributed by atoms with van der Waals surface area (Å²) >= 11 is 0. The zero-order valence-electron chi connectivity index (χ0n) is 16.1. The van der Waals surface area contributed by atoms with Crippen molar-refractivity contribution in [3.63, 3.8) is 0 Å². The number of carbonyl (C=O) groups excluding carboxylic acids is 1. The van der Waals surface area contributed by atoms with Crippen molar-refractivity contribution in [3.8, 4) is 5.75 Å². The van der Waals surface area contributed by atoms with Crippen molar-refractivity contribution < 1.29 is 15.0 Å². The molecular formula is C22H29N3O3. The van der Waals surface area contributed by atoms with E-state index in [9.17, 15) is 15.0 Å². The number of phenols is 1. The van der Waals surface area contributed by atoms with Crippen LogP contribution >= 0.6 is 0 Å². The lowest BCUT2D eigenvalue weighted by Crippen LogP contribution is -2.49. The first-order valence-corrected chi connectivity index (χ1v) is 9.85. The second kappa shape index (κ2) is 10.1. The van der Waals surface area contributed by atoms with Crippen LogP contribution in [0.4, 0.5) is 4.79 Å². The first-order valence-electron chi connectivity index (χ1n) is 9.85. The maximum Gasteiger partial charge on any atom is 0.315 e. The summed E-state index contributed by atoms with van der Waals surface area (Å²) in [5.41, 5.74) is 2.15. The van der Waals surface area contributed by atoms with Crippen molar-refractivity contribution in [1.82, 2.24) is 15.5 Å². The Bertz CT molecular complexity index is 746. The molecule has 1 aliphatic heterocycles. The highest BCUT2D eigenvalue weighted by Crippen LogP contribution is 2.16. The van der Waals surface area contributed by atoms with Crippen LogP contribution < -0.4 is 10.6 Å². The van der Waals surface area contributed by atoms with Crippen LogP contribution in [0.2, 0.25) is 0 Å². The SMILES string of the molecule is O=C(NCC(O)Cc1ccccc1)NC1CCN(Cc2cccc(O)c2)CC1. The number of urea groups is 1. The third-order valence-corrected chi connectivity index (χ3v) is 5.05. The van der Waals surface area contributed by atoms with Gasteiger partial charge in [-0.15, -0.1) is 0 Å². The van der Waals surface area contributed by atoms with Crippen LogP contribution in [0.15, 0.2) is 54.6 Å². The molecule has 0 aromatic heterocycles. The number of rotatable bonds is 7. The van der Waals surface area contributed by atoms with E-state index in [1.54, 1.807) is 12.1 Å². The Balaban J connectivity index is 1.33. The highest BCUT2D eigenvalue weighted by Gasteiger charge is 2.21. The van der Waals surface area contributed by atoms with Gasteiger partial charge in [-0.3, -0.25) is 4.90 Å². The van der Waals surface area contributed by atoms with E-state index in [-0.39, 0.29) is 18.6 Å². The Morgan fingerprint density at radius 2 is 1.79 bits per heavy atom. The molecule has 4 N–H and O–H groups in total. The molecular weight excluding hydrogens is 354 g/mol. The summed E-state index contributed by atoms with van der Waals surface area (Å²) in [6, 6.07) is 17.0. The lowest BCUT2D eigenvalue weighted by molar-refractivity contribution is 0.165. The van der Waals surface area contributed by atoms with Crippen molar-refractivity contribution in [1.29, 1.82) is 0 Å². The molecule has 1 heterocycles. The summed E-state index contributed by atoms with van der Waals surface area (Å²) in [5.74, 6) is 0.292. The van der Waals surface area contributed by atoms with Crippen LogP contribution in [-0.2, 0) is 13.0 Å². The third-order valence-electron chi connectivity index (χ3n) is 5.05. The number of hydrogen-bond donors (Lipinski definition) is 4. The molecule has 2 amide bonds. The Kier molecular flexibility index (Phi) is 7.28. The maximum atomic E-state index is 12.1. The fraction of sp³-hybridized carbons (Fsp3) is 0.409. The molecule has 0 saturated carbocycles. The summed E-state index contributed by atoms with van der Waals surface area (Å²) in [5, 5.41) is 25.4. The second-order valence-corrected chi connectivity index (χ2v) is 7.42. The number of piperidine rings is 1. The van der Waals surface area contributed by atoms with Gasteiger partial charge < -0.3 is 20.8 Å². The number of carbonyl (C=O) groups is 1. The zero-order chi connectivity index (χ0) is 19.8. The number of nitrogens with one attached hydrogen (secondary N) is 2. The van der Waals surface area contributed by atoms with Gasteiger partial charge in [-0.25, -0.2) is 4.79 Å². The molecule has 1 unspecified atom stereocenters. The number of aliphatic hydroxyl groups excluding tert-OH is 1. The first-order chi connectivity index (χ1) is 13.6. The lowest BCUT2D eigenvalue weighted by Gasteiger charge is -2.32. The molecule has 0 bridgehead atoms. The predicted molar refractivity (Wildman–Crippen MR) is 109 cm³/mol. The maximum absolute atomic E-state index is 12.1. The molecule has 6 heteroatoms. The minimum atomic E-state index is -0.600. The van der Waals surface area contributed by atoms with Gasteiger partial charge >= 0.3 is 6.03 Å². The van der Waals surface area contributed by atoms with Crippen molar-refractivity contribution >= 4 is 6.03 Å². The molecule has 2 aromatic rings. The number of benzene rings is 2. The number of hydrogen-bond acceptors (Lipinski definition) is 4. The molecule has 6 nitrogen and oxygen atoms in total.